The summed E-state index contributed by atoms with van der Waals surface area (Å²) in [5.41, 5.74) is 1.60. The minimum atomic E-state index is -0.371. The van der Waals surface area contributed by atoms with Crippen molar-refractivity contribution < 1.29 is 14.3 Å². The van der Waals surface area contributed by atoms with Gasteiger partial charge in [0.15, 0.2) is 5.11 Å². The third kappa shape index (κ3) is 6.29. The average molecular weight is 414 g/mol. The van der Waals surface area contributed by atoms with Crippen LogP contribution in [-0.2, 0) is 0 Å². The summed E-state index contributed by atoms with van der Waals surface area (Å²) in [5.74, 6) is 0.0814. The minimum absolute atomic E-state index is 0.0127. The number of para-hydroxylation sites is 1. The lowest BCUT2D eigenvalue weighted by molar-refractivity contribution is 0.0755. The highest BCUT2D eigenvalue weighted by molar-refractivity contribution is 7.80. The van der Waals surface area contributed by atoms with E-state index in [1.165, 1.54) is 7.11 Å². The zero-order chi connectivity index (χ0) is 21.2. The van der Waals surface area contributed by atoms with E-state index in [2.05, 4.69) is 24.5 Å². The number of rotatable bonds is 8. The van der Waals surface area contributed by atoms with Gasteiger partial charge in [-0.15, -0.1) is 0 Å². The summed E-state index contributed by atoms with van der Waals surface area (Å²) in [6, 6.07) is 14.0. The first-order chi connectivity index (χ1) is 14.0. The Bertz CT molecular complexity index is 864. The molecule has 154 valence electrons. The van der Waals surface area contributed by atoms with E-state index >= 15 is 0 Å². The van der Waals surface area contributed by atoms with Gasteiger partial charge in [0.2, 0.25) is 0 Å². The van der Waals surface area contributed by atoms with E-state index in [0.29, 0.717) is 22.6 Å². The molecule has 0 aliphatic rings. The Balaban J connectivity index is 2.06. The number of anilines is 1. The van der Waals surface area contributed by atoms with Crippen LogP contribution in [0, 0.1) is 0 Å². The molecule has 6 nitrogen and oxygen atoms in total. The molecular formula is C22H27N3O3S. The largest absolute Gasteiger partial charge is 0.496 e. The van der Waals surface area contributed by atoms with Crippen molar-refractivity contribution in [2.75, 3.05) is 25.5 Å². The molecule has 0 bridgehead atoms. The van der Waals surface area contributed by atoms with Crippen LogP contribution in [0.25, 0.3) is 0 Å². The molecule has 2 N–H and O–H groups in total. The molecule has 0 fully saturated rings. The van der Waals surface area contributed by atoms with E-state index in [4.69, 9.17) is 17.0 Å². The third-order valence-corrected chi connectivity index (χ3v) is 4.42. The number of nitrogens with one attached hydrogen (secondary N) is 2. The SMILES string of the molecule is CCCN(CCC)C(=O)c1cccc(NC(=S)NC(=O)c2ccccc2OC)c1. The molecule has 0 aliphatic heterocycles. The van der Waals surface area contributed by atoms with Crippen molar-refractivity contribution >= 4 is 34.8 Å². The molecule has 0 saturated carbocycles. The number of carbonyl (C=O) groups excluding carboxylic acids is 2. The summed E-state index contributed by atoms with van der Waals surface area (Å²) in [6.45, 7) is 5.54. The lowest BCUT2D eigenvalue weighted by Crippen LogP contribution is -2.34. The maximum atomic E-state index is 12.8. The van der Waals surface area contributed by atoms with Gasteiger partial charge in [-0.2, -0.15) is 0 Å². The fourth-order valence-corrected chi connectivity index (χ4v) is 3.14. The lowest BCUT2D eigenvalue weighted by Gasteiger charge is -2.22. The number of nitrogens with zero attached hydrogens (tertiary/aromatic N) is 1. The van der Waals surface area contributed by atoms with Crippen molar-refractivity contribution in [2.45, 2.75) is 26.7 Å². The summed E-state index contributed by atoms with van der Waals surface area (Å²) >= 11 is 5.26. The summed E-state index contributed by atoms with van der Waals surface area (Å²) < 4.78 is 5.20. The van der Waals surface area contributed by atoms with Crippen molar-refractivity contribution in [1.82, 2.24) is 10.2 Å². The van der Waals surface area contributed by atoms with Crippen LogP contribution in [0.5, 0.6) is 5.75 Å². The molecule has 2 aromatic rings. The Labute approximate surface area is 177 Å². The van der Waals surface area contributed by atoms with Gasteiger partial charge in [-0.25, -0.2) is 0 Å². The molecule has 0 radical (unpaired) electrons. The van der Waals surface area contributed by atoms with Gasteiger partial charge >= 0.3 is 0 Å². The first-order valence-corrected chi connectivity index (χ1v) is 10.1. The van der Waals surface area contributed by atoms with Crippen LogP contribution >= 0.6 is 12.2 Å². The molecule has 0 aliphatic carbocycles. The molecule has 0 spiro atoms. The van der Waals surface area contributed by atoms with Crippen molar-refractivity contribution in [1.29, 1.82) is 0 Å². The Morgan fingerprint density at radius 1 is 1.03 bits per heavy atom. The predicted octanol–water partition coefficient (Wildman–Crippen LogP) is 4.08. The second kappa shape index (κ2) is 11.2. The number of thiocarbonyl (C=S) groups is 1. The number of ether oxygens (including phenoxy) is 1. The van der Waals surface area contributed by atoms with E-state index < -0.39 is 0 Å². The second-order valence-corrected chi connectivity index (χ2v) is 6.89. The maximum absolute atomic E-state index is 12.8. The van der Waals surface area contributed by atoms with Crippen LogP contribution in [0.1, 0.15) is 47.4 Å². The zero-order valence-electron chi connectivity index (χ0n) is 17.0. The number of hydrogen-bond donors (Lipinski definition) is 2. The second-order valence-electron chi connectivity index (χ2n) is 6.48. The number of benzene rings is 2. The monoisotopic (exact) mass is 413 g/mol. The topological polar surface area (TPSA) is 70.7 Å². The summed E-state index contributed by atoms with van der Waals surface area (Å²) in [7, 11) is 1.51. The van der Waals surface area contributed by atoms with E-state index in [1.54, 1.807) is 48.5 Å². The van der Waals surface area contributed by atoms with E-state index in [-0.39, 0.29) is 16.9 Å². The molecule has 29 heavy (non-hydrogen) atoms. The first-order valence-electron chi connectivity index (χ1n) is 9.64. The Morgan fingerprint density at radius 3 is 2.38 bits per heavy atom. The summed E-state index contributed by atoms with van der Waals surface area (Å²) in [6.07, 6.45) is 1.81. The fourth-order valence-electron chi connectivity index (χ4n) is 2.93. The van der Waals surface area contributed by atoms with Crippen LogP contribution in [0.15, 0.2) is 48.5 Å². The van der Waals surface area contributed by atoms with Crippen molar-refractivity contribution in [3.63, 3.8) is 0 Å². The fraction of sp³-hybridized carbons (Fsp3) is 0.318. The van der Waals surface area contributed by atoms with Crippen LogP contribution < -0.4 is 15.4 Å². The van der Waals surface area contributed by atoms with Crippen molar-refractivity contribution in [3.8, 4) is 5.75 Å². The summed E-state index contributed by atoms with van der Waals surface area (Å²) in [4.78, 5) is 27.1. The highest BCUT2D eigenvalue weighted by Gasteiger charge is 2.16. The smallest absolute Gasteiger partial charge is 0.261 e. The molecular weight excluding hydrogens is 386 g/mol. The molecule has 0 saturated heterocycles. The number of carbonyl (C=O) groups is 2. The average Bonchev–Trinajstić information content (AvgIpc) is 2.73. The van der Waals surface area contributed by atoms with Crippen LogP contribution in [0.4, 0.5) is 5.69 Å². The molecule has 0 heterocycles. The maximum Gasteiger partial charge on any atom is 0.261 e. The van der Waals surface area contributed by atoms with Gasteiger partial charge in [0.05, 0.1) is 12.7 Å². The van der Waals surface area contributed by atoms with Crippen LogP contribution in [-0.4, -0.2) is 42.0 Å². The molecule has 7 heteroatoms. The Morgan fingerprint density at radius 2 is 1.72 bits per heavy atom. The molecule has 0 atom stereocenters. The van der Waals surface area contributed by atoms with Crippen LogP contribution in [0.3, 0.4) is 0 Å². The lowest BCUT2D eigenvalue weighted by atomic mass is 10.1. The van der Waals surface area contributed by atoms with Gasteiger partial charge in [-0.3, -0.25) is 14.9 Å². The van der Waals surface area contributed by atoms with E-state index in [9.17, 15) is 9.59 Å². The standard InChI is InChI=1S/C22H27N3O3S/c1-4-13-25(14-5-2)21(27)16-9-8-10-17(15-16)23-22(29)24-20(26)18-11-6-7-12-19(18)28-3/h6-12,15H,4-5,13-14H2,1-3H3,(H2,23,24,26,29). The Hall–Kier alpha value is -2.93. The molecule has 0 aromatic heterocycles. The van der Waals surface area contributed by atoms with Gasteiger partial charge < -0.3 is 15.0 Å². The predicted molar refractivity (Wildman–Crippen MR) is 120 cm³/mol. The van der Waals surface area contributed by atoms with Gasteiger partial charge in [-0.1, -0.05) is 32.0 Å². The first kappa shape index (κ1) is 22.4. The highest BCUT2D eigenvalue weighted by atomic mass is 32.1. The molecule has 2 rings (SSSR count). The van der Waals surface area contributed by atoms with E-state index in [0.717, 1.165) is 25.9 Å². The number of methoxy groups -OCH3 is 1. The van der Waals surface area contributed by atoms with Crippen molar-refractivity contribution in [3.05, 3.63) is 59.7 Å². The van der Waals surface area contributed by atoms with E-state index in [1.807, 2.05) is 4.90 Å². The van der Waals surface area contributed by atoms with Crippen LogP contribution in [0.2, 0.25) is 0 Å². The third-order valence-electron chi connectivity index (χ3n) is 4.22. The van der Waals surface area contributed by atoms with Gasteiger partial charge in [0.1, 0.15) is 5.75 Å². The zero-order valence-corrected chi connectivity index (χ0v) is 17.8. The quantitative estimate of drug-likeness (QED) is 0.638. The molecule has 2 aromatic carbocycles. The van der Waals surface area contributed by atoms with Gasteiger partial charge in [-0.05, 0) is 55.4 Å². The molecule has 0 unspecified atom stereocenters. The normalized spacial score (nSPS) is 10.2. The number of amides is 2. The van der Waals surface area contributed by atoms with Crippen molar-refractivity contribution in [2.24, 2.45) is 0 Å². The highest BCUT2D eigenvalue weighted by Crippen LogP contribution is 2.17. The molecule has 2 amide bonds. The number of hydrogen-bond acceptors (Lipinski definition) is 4. The Kier molecular flexibility index (Phi) is 8.61. The summed E-state index contributed by atoms with van der Waals surface area (Å²) in [5, 5.41) is 5.75. The van der Waals surface area contributed by atoms with Gasteiger partial charge in [0, 0.05) is 24.3 Å². The van der Waals surface area contributed by atoms with Gasteiger partial charge in [0.25, 0.3) is 11.8 Å². The minimum Gasteiger partial charge on any atom is -0.496 e.